The Morgan fingerprint density at radius 3 is 2.52 bits per heavy atom. The zero-order chi connectivity index (χ0) is 35.0. The van der Waals surface area contributed by atoms with Crippen LogP contribution in [0.1, 0.15) is 61.8 Å². The highest BCUT2D eigenvalue weighted by molar-refractivity contribution is 7.89. The summed E-state index contributed by atoms with van der Waals surface area (Å²) in [5.41, 5.74) is 1.54. The molecule has 262 valence electrons. The van der Waals surface area contributed by atoms with Crippen LogP contribution >= 0.6 is 0 Å². The van der Waals surface area contributed by atoms with E-state index in [0.717, 1.165) is 12.8 Å². The number of aliphatic hydroxyl groups excluding tert-OH is 1. The van der Waals surface area contributed by atoms with Gasteiger partial charge in [0.15, 0.2) is 5.76 Å². The third-order valence-corrected chi connectivity index (χ3v) is 10.3. The number of rotatable bonds is 8. The van der Waals surface area contributed by atoms with Gasteiger partial charge in [-0.15, -0.1) is 0 Å². The van der Waals surface area contributed by atoms with Gasteiger partial charge in [-0.1, -0.05) is 30.3 Å². The van der Waals surface area contributed by atoms with Crippen molar-refractivity contribution in [3.63, 3.8) is 0 Å². The lowest BCUT2D eigenvalue weighted by atomic mass is 10.0. The number of aliphatic hydroxyl groups is 1. The number of likely N-dealkylation sites (N-methyl/N-ethyl adjacent to an activating group) is 1. The maximum absolute atomic E-state index is 14.4. The van der Waals surface area contributed by atoms with Crippen LogP contribution in [0.15, 0.2) is 57.9 Å². The summed E-state index contributed by atoms with van der Waals surface area (Å²) in [4.78, 5) is 29.0. The smallest absolute Gasteiger partial charge is 0.323 e. The Hall–Kier alpha value is -3.98. The van der Waals surface area contributed by atoms with Crippen molar-refractivity contribution in [3.05, 3.63) is 65.5 Å². The summed E-state index contributed by atoms with van der Waals surface area (Å²) in [5.74, 6) is 0.0648. The van der Waals surface area contributed by atoms with Crippen LogP contribution in [0.25, 0.3) is 0 Å². The molecule has 13 nitrogen and oxygen atoms in total. The average molecular weight is 686 g/mol. The lowest BCUT2D eigenvalue weighted by molar-refractivity contribution is -0.00833. The lowest BCUT2D eigenvalue weighted by Gasteiger charge is -2.35. The highest BCUT2D eigenvalue weighted by atomic mass is 32.2. The second-order valence-electron chi connectivity index (χ2n) is 12.4. The number of anilines is 2. The predicted octanol–water partition coefficient (Wildman–Crippen LogP) is 5.05. The molecule has 4 atom stereocenters. The molecule has 0 saturated heterocycles. The minimum Gasteiger partial charge on any atom is -0.490 e. The molecule has 0 bridgehead atoms. The molecule has 0 radical (unpaired) electrons. The molecule has 3 amide bonds. The predicted molar refractivity (Wildman–Crippen MR) is 182 cm³/mol. The van der Waals surface area contributed by atoms with Crippen LogP contribution in [0.2, 0.25) is 0 Å². The first kappa shape index (κ1) is 36.8. The minimum absolute atomic E-state index is 0.0678. The molecule has 0 aliphatic carbocycles. The Bertz CT molecular complexity index is 1630. The van der Waals surface area contributed by atoms with E-state index in [1.165, 1.54) is 11.4 Å². The first-order chi connectivity index (χ1) is 22.8. The zero-order valence-electron chi connectivity index (χ0n) is 28.4. The van der Waals surface area contributed by atoms with E-state index in [1.54, 1.807) is 74.2 Å². The number of urea groups is 1. The zero-order valence-corrected chi connectivity index (χ0v) is 29.2. The number of aromatic nitrogens is 1. The maximum atomic E-state index is 14.4. The molecule has 1 aliphatic heterocycles. The Balaban J connectivity index is 1.63. The number of carbonyl (C=O) groups excluding carboxylic acids is 2. The van der Waals surface area contributed by atoms with Gasteiger partial charge in [0.25, 0.3) is 5.91 Å². The molecule has 14 heteroatoms. The quantitative estimate of drug-likeness (QED) is 0.294. The molecule has 0 unspecified atom stereocenters. The van der Waals surface area contributed by atoms with Crippen molar-refractivity contribution < 1.29 is 37.1 Å². The van der Waals surface area contributed by atoms with E-state index >= 15 is 0 Å². The number of nitrogens with zero attached hydrogens (tertiary/aromatic N) is 3. The number of sulfonamides is 1. The van der Waals surface area contributed by atoms with Crippen molar-refractivity contribution >= 4 is 33.3 Å². The second-order valence-corrected chi connectivity index (χ2v) is 14.4. The third-order valence-electron chi connectivity index (χ3n) is 8.47. The molecular weight excluding hydrogens is 638 g/mol. The molecule has 48 heavy (non-hydrogen) atoms. The first-order valence-corrected chi connectivity index (χ1v) is 17.6. The molecule has 1 aromatic heterocycles. The fourth-order valence-electron chi connectivity index (χ4n) is 5.52. The summed E-state index contributed by atoms with van der Waals surface area (Å²) in [6.07, 6.45) is 1.43. The van der Waals surface area contributed by atoms with E-state index < -0.39 is 34.1 Å². The van der Waals surface area contributed by atoms with Gasteiger partial charge < -0.3 is 34.6 Å². The molecule has 3 N–H and O–H groups in total. The van der Waals surface area contributed by atoms with E-state index in [-0.39, 0.29) is 42.2 Å². The molecule has 2 aromatic carbocycles. The average Bonchev–Trinajstić information content (AvgIpc) is 3.38. The van der Waals surface area contributed by atoms with Crippen molar-refractivity contribution in [1.29, 1.82) is 0 Å². The van der Waals surface area contributed by atoms with Crippen molar-refractivity contribution in [2.24, 2.45) is 5.92 Å². The summed E-state index contributed by atoms with van der Waals surface area (Å²) in [6, 6.07) is 11.9. The number of amides is 3. The van der Waals surface area contributed by atoms with Gasteiger partial charge >= 0.3 is 6.03 Å². The number of ether oxygens (including phenoxy) is 2. The van der Waals surface area contributed by atoms with Crippen molar-refractivity contribution in [2.75, 3.05) is 44.0 Å². The largest absolute Gasteiger partial charge is 0.490 e. The summed E-state index contributed by atoms with van der Waals surface area (Å²) in [5, 5.41) is 19.6. The van der Waals surface area contributed by atoms with Crippen molar-refractivity contribution in [2.45, 2.75) is 77.0 Å². The monoisotopic (exact) mass is 685 g/mol. The molecule has 0 saturated carbocycles. The van der Waals surface area contributed by atoms with E-state index in [2.05, 4.69) is 15.8 Å². The Labute approximate surface area is 282 Å². The lowest BCUT2D eigenvalue weighted by Crippen LogP contribution is -2.48. The summed E-state index contributed by atoms with van der Waals surface area (Å²) in [7, 11) is -2.26. The standard InChI is InChI=1S/C34H47N5O8S/c1-22-19-39(23(2)21-40)33(41)29-18-27(35-34(42)36-32-25(4)37-47-26(32)5)15-16-30(29)46-24(3)12-10-11-17-45-31(22)20-38(6)48(43,44)28-13-8-7-9-14-28/h7-9,13-16,18,22-24,31,40H,10-12,17,19-21H2,1-6H3,(H2,35,36,42)/t22-,23+,24+,31-/m1/s1. The van der Waals surface area contributed by atoms with Crippen LogP contribution in [0, 0.1) is 19.8 Å². The highest BCUT2D eigenvalue weighted by Crippen LogP contribution is 2.29. The van der Waals surface area contributed by atoms with Gasteiger partial charge in [0.2, 0.25) is 10.0 Å². The van der Waals surface area contributed by atoms with Crippen LogP contribution in [-0.2, 0) is 14.8 Å². The van der Waals surface area contributed by atoms with Gasteiger partial charge in [0, 0.05) is 38.3 Å². The number of hydrogen-bond donors (Lipinski definition) is 3. The van der Waals surface area contributed by atoms with Gasteiger partial charge in [-0.05, 0) is 77.3 Å². The third kappa shape index (κ3) is 9.13. The Morgan fingerprint density at radius 1 is 1.12 bits per heavy atom. The topological polar surface area (TPSA) is 164 Å². The fourth-order valence-corrected chi connectivity index (χ4v) is 6.73. The molecule has 0 spiro atoms. The van der Waals surface area contributed by atoms with Crippen LogP contribution in [0.4, 0.5) is 16.2 Å². The van der Waals surface area contributed by atoms with E-state index in [9.17, 15) is 23.1 Å². The fraction of sp³-hybridized carbons (Fsp3) is 0.500. The first-order valence-electron chi connectivity index (χ1n) is 16.2. The molecule has 0 fully saturated rings. The Morgan fingerprint density at radius 2 is 1.85 bits per heavy atom. The molecule has 3 aromatic rings. The van der Waals surface area contributed by atoms with Crippen LogP contribution in [0.5, 0.6) is 5.75 Å². The van der Waals surface area contributed by atoms with E-state index in [1.807, 2.05) is 13.8 Å². The van der Waals surface area contributed by atoms with E-state index in [4.69, 9.17) is 14.0 Å². The van der Waals surface area contributed by atoms with Gasteiger partial charge in [0.05, 0.1) is 35.3 Å². The van der Waals surface area contributed by atoms with Crippen LogP contribution in [0.3, 0.4) is 0 Å². The van der Waals surface area contributed by atoms with Gasteiger partial charge in [-0.3, -0.25) is 4.79 Å². The van der Waals surface area contributed by atoms with Crippen molar-refractivity contribution in [1.82, 2.24) is 14.4 Å². The normalized spacial score (nSPS) is 20.4. The number of benzene rings is 2. The summed E-state index contributed by atoms with van der Waals surface area (Å²) >= 11 is 0. The molecule has 2 heterocycles. The van der Waals surface area contributed by atoms with E-state index in [0.29, 0.717) is 41.6 Å². The second kappa shape index (κ2) is 16.4. The highest BCUT2D eigenvalue weighted by Gasteiger charge is 2.32. The molecular formula is C34H47N5O8S. The van der Waals surface area contributed by atoms with Crippen LogP contribution in [-0.4, -0.2) is 91.4 Å². The van der Waals surface area contributed by atoms with Crippen molar-refractivity contribution in [3.8, 4) is 5.75 Å². The maximum Gasteiger partial charge on any atom is 0.323 e. The number of hydrogen-bond acceptors (Lipinski definition) is 9. The summed E-state index contributed by atoms with van der Waals surface area (Å²) in [6.45, 7) is 9.28. The van der Waals surface area contributed by atoms with Gasteiger partial charge in [-0.2, -0.15) is 4.31 Å². The summed E-state index contributed by atoms with van der Waals surface area (Å²) < 4.78 is 45.7. The number of nitrogens with one attached hydrogen (secondary N) is 2. The number of aryl methyl sites for hydroxylation is 2. The SMILES string of the molecule is Cc1noc(C)c1NC(=O)Nc1ccc2c(c1)C(=O)N([C@@H](C)CO)C[C@@H](C)[C@@H](CN(C)S(=O)(=O)c1ccccc1)OCCCC[C@H](C)O2. The van der Waals surface area contributed by atoms with Gasteiger partial charge in [0.1, 0.15) is 17.1 Å². The van der Waals surface area contributed by atoms with Crippen LogP contribution < -0.4 is 15.4 Å². The molecule has 1 aliphatic rings. The Kier molecular flexibility index (Phi) is 12.6. The van der Waals surface area contributed by atoms with Gasteiger partial charge in [-0.25, -0.2) is 13.2 Å². The number of carbonyl (C=O) groups is 2. The molecule has 4 rings (SSSR count). The number of fused-ring (bicyclic) bond motifs is 1. The minimum atomic E-state index is -3.78.